The molecule has 4 heteroatoms. The van der Waals surface area contributed by atoms with Gasteiger partial charge < -0.3 is 15.2 Å². The Bertz CT molecular complexity index is 324. The van der Waals surface area contributed by atoms with Crippen molar-refractivity contribution in [1.82, 2.24) is 0 Å². The molecule has 3 nitrogen and oxygen atoms in total. The maximum atomic E-state index is 5.80. The molecule has 0 amide bonds. The average molecular weight is 258 g/mol. The fourth-order valence-electron chi connectivity index (χ4n) is 1.41. The molecule has 0 radical (unpaired) electrons. The van der Waals surface area contributed by atoms with Gasteiger partial charge in [-0.1, -0.05) is 15.9 Å². The molecule has 1 aromatic rings. The predicted molar refractivity (Wildman–Crippen MR) is 58.4 cm³/mol. The van der Waals surface area contributed by atoms with Crippen LogP contribution in [0.1, 0.15) is 6.42 Å². The molecule has 0 spiro atoms. The molecule has 1 atom stereocenters. The second kappa shape index (κ2) is 4.19. The Morgan fingerprint density at radius 3 is 3.00 bits per heavy atom. The number of benzene rings is 1. The molecule has 1 heterocycles. The zero-order valence-corrected chi connectivity index (χ0v) is 9.29. The number of nitrogen functional groups attached to an aromatic ring is 1. The van der Waals surface area contributed by atoms with E-state index < -0.39 is 0 Å². The summed E-state index contributed by atoms with van der Waals surface area (Å²) in [6.45, 7) is 1.44. The van der Waals surface area contributed by atoms with Gasteiger partial charge in [-0.25, -0.2) is 0 Å². The molecule has 1 aliphatic heterocycles. The number of hydrogen-bond acceptors (Lipinski definition) is 3. The van der Waals surface area contributed by atoms with Gasteiger partial charge >= 0.3 is 0 Å². The molecule has 2 rings (SSSR count). The summed E-state index contributed by atoms with van der Waals surface area (Å²) in [5.74, 6) is 0.740. The normalized spacial score (nSPS) is 21.1. The summed E-state index contributed by atoms with van der Waals surface area (Å²) in [5, 5.41) is 0. The summed E-state index contributed by atoms with van der Waals surface area (Å²) in [5.41, 5.74) is 6.46. The Morgan fingerprint density at radius 1 is 1.50 bits per heavy atom. The molecule has 1 aromatic carbocycles. The minimum atomic E-state index is 0.151. The first-order valence-corrected chi connectivity index (χ1v) is 5.34. The third-order valence-corrected chi connectivity index (χ3v) is 2.65. The van der Waals surface area contributed by atoms with E-state index in [1.54, 1.807) is 0 Å². The van der Waals surface area contributed by atoms with Gasteiger partial charge in [-0.3, -0.25) is 0 Å². The highest BCUT2D eigenvalue weighted by Crippen LogP contribution is 2.27. The molecule has 0 aliphatic carbocycles. The predicted octanol–water partition coefficient (Wildman–Crippen LogP) is 2.20. The Kier molecular flexibility index (Phi) is 2.93. The molecule has 0 saturated carbocycles. The van der Waals surface area contributed by atoms with E-state index in [1.807, 2.05) is 18.2 Å². The van der Waals surface area contributed by atoms with Crippen molar-refractivity contribution in [2.75, 3.05) is 18.9 Å². The quantitative estimate of drug-likeness (QED) is 0.827. The Labute approximate surface area is 91.3 Å². The molecule has 2 N–H and O–H groups in total. The molecule has 0 unspecified atom stereocenters. The highest BCUT2D eigenvalue weighted by molar-refractivity contribution is 9.10. The number of hydrogen-bond donors (Lipinski definition) is 1. The Balaban J connectivity index is 2.08. The SMILES string of the molecule is Nc1cc(Br)ccc1O[C@H]1CCOC1. The first kappa shape index (κ1) is 9.80. The lowest BCUT2D eigenvalue weighted by atomic mass is 10.3. The van der Waals surface area contributed by atoms with Crippen molar-refractivity contribution >= 4 is 21.6 Å². The first-order valence-electron chi connectivity index (χ1n) is 4.55. The summed E-state index contributed by atoms with van der Waals surface area (Å²) < 4.78 is 11.9. The molecule has 0 aromatic heterocycles. The van der Waals surface area contributed by atoms with E-state index in [4.69, 9.17) is 15.2 Å². The molecule has 1 fully saturated rings. The molecule has 1 aliphatic rings. The zero-order chi connectivity index (χ0) is 9.97. The Hall–Kier alpha value is -0.740. The van der Waals surface area contributed by atoms with Crippen LogP contribution in [0, 0.1) is 0 Å². The van der Waals surface area contributed by atoms with Crippen LogP contribution in [0.2, 0.25) is 0 Å². The number of nitrogens with two attached hydrogens (primary N) is 1. The summed E-state index contributed by atoms with van der Waals surface area (Å²) in [6.07, 6.45) is 1.09. The lowest BCUT2D eigenvalue weighted by Gasteiger charge is -2.13. The third-order valence-electron chi connectivity index (χ3n) is 2.15. The van der Waals surface area contributed by atoms with Gasteiger partial charge in [0, 0.05) is 10.9 Å². The number of ether oxygens (including phenoxy) is 2. The van der Waals surface area contributed by atoms with Crippen LogP contribution in [0.4, 0.5) is 5.69 Å². The molecule has 76 valence electrons. The van der Waals surface area contributed by atoms with Gasteiger partial charge in [0.1, 0.15) is 11.9 Å². The smallest absolute Gasteiger partial charge is 0.142 e. The maximum Gasteiger partial charge on any atom is 0.142 e. The summed E-state index contributed by atoms with van der Waals surface area (Å²) >= 11 is 3.35. The van der Waals surface area contributed by atoms with Gasteiger partial charge in [0.25, 0.3) is 0 Å². The highest BCUT2D eigenvalue weighted by atomic mass is 79.9. The van der Waals surface area contributed by atoms with Gasteiger partial charge in [0.2, 0.25) is 0 Å². The van der Waals surface area contributed by atoms with E-state index in [9.17, 15) is 0 Å². The maximum absolute atomic E-state index is 5.80. The van der Waals surface area contributed by atoms with E-state index in [0.717, 1.165) is 23.2 Å². The van der Waals surface area contributed by atoms with Crippen molar-refractivity contribution in [3.63, 3.8) is 0 Å². The lowest BCUT2D eigenvalue weighted by molar-refractivity contribution is 0.142. The van der Waals surface area contributed by atoms with Gasteiger partial charge in [-0.15, -0.1) is 0 Å². The molecular weight excluding hydrogens is 246 g/mol. The van der Waals surface area contributed by atoms with Crippen molar-refractivity contribution < 1.29 is 9.47 Å². The average Bonchev–Trinajstić information content (AvgIpc) is 2.62. The summed E-state index contributed by atoms with van der Waals surface area (Å²) in [6, 6.07) is 5.63. The minimum absolute atomic E-state index is 0.151. The standard InChI is InChI=1S/C10H12BrNO2/c11-7-1-2-10(9(12)5-7)14-8-3-4-13-6-8/h1-2,5,8H,3-4,6,12H2/t8-/m0/s1. The fraction of sp³-hybridized carbons (Fsp3) is 0.400. The van der Waals surface area contributed by atoms with E-state index in [-0.39, 0.29) is 6.10 Å². The fourth-order valence-corrected chi connectivity index (χ4v) is 1.79. The Morgan fingerprint density at radius 2 is 2.36 bits per heavy atom. The highest BCUT2D eigenvalue weighted by Gasteiger charge is 2.17. The number of anilines is 1. The van der Waals surface area contributed by atoms with Crippen LogP contribution in [-0.4, -0.2) is 19.3 Å². The van der Waals surface area contributed by atoms with E-state index in [2.05, 4.69) is 15.9 Å². The lowest BCUT2D eigenvalue weighted by Crippen LogP contribution is -2.16. The van der Waals surface area contributed by atoms with Crippen molar-refractivity contribution in [3.8, 4) is 5.75 Å². The van der Waals surface area contributed by atoms with Crippen LogP contribution < -0.4 is 10.5 Å². The zero-order valence-electron chi connectivity index (χ0n) is 7.70. The molecular formula is C10H12BrNO2. The first-order chi connectivity index (χ1) is 6.75. The molecule has 14 heavy (non-hydrogen) atoms. The monoisotopic (exact) mass is 257 g/mol. The van der Waals surface area contributed by atoms with E-state index in [0.29, 0.717) is 12.3 Å². The van der Waals surface area contributed by atoms with Crippen molar-refractivity contribution in [1.29, 1.82) is 0 Å². The summed E-state index contributed by atoms with van der Waals surface area (Å²) in [4.78, 5) is 0. The number of rotatable bonds is 2. The van der Waals surface area contributed by atoms with Crippen LogP contribution in [0.15, 0.2) is 22.7 Å². The molecule has 0 bridgehead atoms. The molecule has 1 saturated heterocycles. The van der Waals surface area contributed by atoms with Gasteiger partial charge in [0.15, 0.2) is 0 Å². The minimum Gasteiger partial charge on any atom is -0.486 e. The van der Waals surface area contributed by atoms with Gasteiger partial charge in [-0.2, -0.15) is 0 Å². The van der Waals surface area contributed by atoms with Crippen molar-refractivity contribution in [3.05, 3.63) is 22.7 Å². The van der Waals surface area contributed by atoms with Crippen LogP contribution in [0.5, 0.6) is 5.75 Å². The van der Waals surface area contributed by atoms with Crippen LogP contribution in [0.25, 0.3) is 0 Å². The number of halogens is 1. The second-order valence-electron chi connectivity index (χ2n) is 3.29. The van der Waals surface area contributed by atoms with E-state index in [1.165, 1.54) is 0 Å². The van der Waals surface area contributed by atoms with E-state index >= 15 is 0 Å². The largest absolute Gasteiger partial charge is 0.486 e. The third kappa shape index (κ3) is 2.19. The van der Waals surface area contributed by atoms with Crippen molar-refractivity contribution in [2.45, 2.75) is 12.5 Å². The van der Waals surface area contributed by atoms with Gasteiger partial charge in [-0.05, 0) is 18.2 Å². The van der Waals surface area contributed by atoms with Crippen LogP contribution in [0.3, 0.4) is 0 Å². The van der Waals surface area contributed by atoms with Crippen LogP contribution in [-0.2, 0) is 4.74 Å². The van der Waals surface area contributed by atoms with Crippen molar-refractivity contribution in [2.24, 2.45) is 0 Å². The summed E-state index contributed by atoms with van der Waals surface area (Å²) in [7, 11) is 0. The van der Waals surface area contributed by atoms with Crippen LogP contribution >= 0.6 is 15.9 Å². The second-order valence-corrected chi connectivity index (χ2v) is 4.20. The van der Waals surface area contributed by atoms with Gasteiger partial charge in [0.05, 0.1) is 18.9 Å². The topological polar surface area (TPSA) is 44.5 Å².